The molecule has 1 aliphatic rings. The van der Waals surface area contributed by atoms with E-state index in [-0.39, 0.29) is 0 Å². The Morgan fingerprint density at radius 1 is 1.14 bits per heavy atom. The summed E-state index contributed by atoms with van der Waals surface area (Å²) in [6, 6.07) is 0. The van der Waals surface area contributed by atoms with Crippen LogP contribution in [0.2, 0.25) is 0 Å². The van der Waals surface area contributed by atoms with Crippen LogP contribution in [0.4, 0.5) is 11.6 Å². The van der Waals surface area contributed by atoms with E-state index in [2.05, 4.69) is 34.4 Å². The first-order valence-electron chi connectivity index (χ1n) is 8.53. The molecule has 1 fully saturated rings. The third kappa shape index (κ3) is 4.58. The molecule has 0 aromatic carbocycles. The lowest BCUT2D eigenvalue weighted by atomic mass is 10.0. The summed E-state index contributed by atoms with van der Waals surface area (Å²) >= 11 is 0. The number of anilines is 2. The van der Waals surface area contributed by atoms with Crippen LogP contribution in [0.5, 0.6) is 0 Å². The Hall–Kier alpha value is -1.32. The van der Waals surface area contributed by atoms with Crippen LogP contribution in [0.25, 0.3) is 0 Å². The van der Waals surface area contributed by atoms with Gasteiger partial charge in [0, 0.05) is 25.6 Å². The summed E-state index contributed by atoms with van der Waals surface area (Å²) in [7, 11) is 1.93. The lowest BCUT2D eigenvalue weighted by molar-refractivity contribution is 0.491. The van der Waals surface area contributed by atoms with Gasteiger partial charge in [-0.05, 0) is 32.1 Å². The molecule has 0 bridgehead atoms. The molecule has 0 atom stereocenters. The van der Waals surface area contributed by atoms with E-state index in [1.54, 1.807) is 0 Å². The maximum Gasteiger partial charge on any atom is 0.134 e. The summed E-state index contributed by atoms with van der Waals surface area (Å²) in [5.41, 5.74) is 1.12. The van der Waals surface area contributed by atoms with Gasteiger partial charge in [0.15, 0.2) is 0 Å². The number of aryl methyl sites for hydroxylation is 1. The molecule has 1 aromatic rings. The zero-order valence-electron chi connectivity index (χ0n) is 13.8. The second-order valence-electron chi connectivity index (χ2n) is 6.18. The summed E-state index contributed by atoms with van der Waals surface area (Å²) in [6.07, 6.45) is 10.4. The average Bonchev–Trinajstić information content (AvgIpc) is 2.99. The van der Waals surface area contributed by atoms with Crippen LogP contribution >= 0.6 is 0 Å². The Bertz CT molecular complexity index is 439. The van der Waals surface area contributed by atoms with E-state index in [0.29, 0.717) is 0 Å². The average molecular weight is 290 g/mol. The van der Waals surface area contributed by atoms with Crippen molar-refractivity contribution in [2.75, 3.05) is 24.2 Å². The van der Waals surface area contributed by atoms with Crippen molar-refractivity contribution < 1.29 is 0 Å². The first-order chi connectivity index (χ1) is 10.2. The standard InChI is InChI=1S/C17H30N4/c1-4-8-15-20-16(18-3)13(2)17(21-15)19-12-7-11-14-9-5-6-10-14/h14H,4-12H2,1-3H3,(H2,18,19,20,21). The summed E-state index contributed by atoms with van der Waals surface area (Å²) in [4.78, 5) is 9.25. The van der Waals surface area contributed by atoms with Crippen molar-refractivity contribution >= 4 is 11.6 Å². The number of hydrogen-bond donors (Lipinski definition) is 2. The highest BCUT2D eigenvalue weighted by Crippen LogP contribution is 2.28. The van der Waals surface area contributed by atoms with Gasteiger partial charge in [-0.1, -0.05) is 32.6 Å². The lowest BCUT2D eigenvalue weighted by Gasteiger charge is -2.14. The van der Waals surface area contributed by atoms with Gasteiger partial charge in [-0.3, -0.25) is 0 Å². The smallest absolute Gasteiger partial charge is 0.134 e. The quantitative estimate of drug-likeness (QED) is 0.706. The van der Waals surface area contributed by atoms with Gasteiger partial charge in [0.05, 0.1) is 0 Å². The highest BCUT2D eigenvalue weighted by Gasteiger charge is 2.14. The molecule has 0 saturated heterocycles. The largest absolute Gasteiger partial charge is 0.373 e. The molecule has 2 rings (SSSR count). The third-order valence-electron chi connectivity index (χ3n) is 4.46. The first-order valence-corrected chi connectivity index (χ1v) is 8.53. The highest BCUT2D eigenvalue weighted by atomic mass is 15.1. The summed E-state index contributed by atoms with van der Waals surface area (Å²) in [5.74, 6) is 3.86. The molecule has 0 unspecified atom stereocenters. The number of hydrogen-bond acceptors (Lipinski definition) is 4. The highest BCUT2D eigenvalue weighted by molar-refractivity contribution is 5.56. The molecule has 0 aliphatic heterocycles. The van der Waals surface area contributed by atoms with Crippen LogP contribution in [-0.4, -0.2) is 23.6 Å². The fraction of sp³-hybridized carbons (Fsp3) is 0.765. The van der Waals surface area contributed by atoms with E-state index in [1.165, 1.54) is 38.5 Å². The summed E-state index contributed by atoms with van der Waals surface area (Å²) in [6.45, 7) is 5.26. The van der Waals surface area contributed by atoms with Gasteiger partial charge >= 0.3 is 0 Å². The fourth-order valence-corrected chi connectivity index (χ4v) is 3.21. The van der Waals surface area contributed by atoms with Crippen molar-refractivity contribution in [3.63, 3.8) is 0 Å². The van der Waals surface area contributed by atoms with Gasteiger partial charge in [-0.25, -0.2) is 9.97 Å². The molecule has 0 amide bonds. The van der Waals surface area contributed by atoms with Crippen LogP contribution in [0.3, 0.4) is 0 Å². The normalized spacial score (nSPS) is 15.4. The molecule has 1 aromatic heterocycles. The zero-order valence-corrected chi connectivity index (χ0v) is 13.8. The Morgan fingerprint density at radius 2 is 1.86 bits per heavy atom. The van der Waals surface area contributed by atoms with E-state index in [1.807, 2.05) is 7.05 Å². The Morgan fingerprint density at radius 3 is 2.52 bits per heavy atom. The van der Waals surface area contributed by atoms with E-state index in [4.69, 9.17) is 0 Å². The van der Waals surface area contributed by atoms with Crippen molar-refractivity contribution in [1.29, 1.82) is 0 Å². The van der Waals surface area contributed by atoms with Crippen molar-refractivity contribution in [3.05, 3.63) is 11.4 Å². The zero-order chi connectivity index (χ0) is 15.1. The second-order valence-corrected chi connectivity index (χ2v) is 6.18. The number of aromatic nitrogens is 2. The number of nitrogens with one attached hydrogen (secondary N) is 2. The van der Waals surface area contributed by atoms with Crippen molar-refractivity contribution in [1.82, 2.24) is 9.97 Å². The maximum atomic E-state index is 4.68. The second kappa shape index (κ2) is 8.20. The van der Waals surface area contributed by atoms with Gasteiger partial charge in [-0.15, -0.1) is 0 Å². The SMILES string of the molecule is CCCc1nc(NC)c(C)c(NCCCC2CCCC2)n1. The van der Waals surface area contributed by atoms with E-state index < -0.39 is 0 Å². The predicted molar refractivity (Wildman–Crippen MR) is 90.0 cm³/mol. The van der Waals surface area contributed by atoms with Gasteiger partial charge in [0.2, 0.25) is 0 Å². The minimum atomic E-state index is 0.936. The Balaban J connectivity index is 1.89. The summed E-state index contributed by atoms with van der Waals surface area (Å²) < 4.78 is 0. The monoisotopic (exact) mass is 290 g/mol. The van der Waals surface area contributed by atoms with Crippen LogP contribution in [0.1, 0.15) is 63.3 Å². The van der Waals surface area contributed by atoms with Gasteiger partial charge in [0.25, 0.3) is 0 Å². The lowest BCUT2D eigenvalue weighted by Crippen LogP contribution is -2.11. The molecular weight excluding hydrogens is 260 g/mol. The Kier molecular flexibility index (Phi) is 6.27. The summed E-state index contributed by atoms with van der Waals surface area (Å²) in [5, 5.41) is 6.70. The number of rotatable bonds is 8. The maximum absolute atomic E-state index is 4.68. The van der Waals surface area contributed by atoms with Gasteiger partial charge < -0.3 is 10.6 Å². The Labute approximate surface area is 129 Å². The van der Waals surface area contributed by atoms with Crippen LogP contribution < -0.4 is 10.6 Å². The van der Waals surface area contributed by atoms with E-state index in [9.17, 15) is 0 Å². The van der Waals surface area contributed by atoms with Crippen molar-refractivity contribution in [2.45, 2.75) is 65.2 Å². The molecule has 4 nitrogen and oxygen atoms in total. The van der Waals surface area contributed by atoms with Crippen LogP contribution in [0, 0.1) is 12.8 Å². The van der Waals surface area contributed by atoms with Crippen LogP contribution in [0.15, 0.2) is 0 Å². The molecule has 0 spiro atoms. The molecule has 0 radical (unpaired) electrons. The molecule has 4 heteroatoms. The minimum absolute atomic E-state index is 0.936. The number of nitrogens with zero attached hydrogens (tertiary/aromatic N) is 2. The first kappa shape index (κ1) is 16.1. The van der Waals surface area contributed by atoms with Gasteiger partial charge in [-0.2, -0.15) is 0 Å². The molecule has 118 valence electrons. The predicted octanol–water partition coefficient (Wildman–Crippen LogP) is 4.16. The van der Waals surface area contributed by atoms with Crippen molar-refractivity contribution in [3.8, 4) is 0 Å². The molecule has 2 N–H and O–H groups in total. The van der Waals surface area contributed by atoms with Crippen molar-refractivity contribution in [2.24, 2.45) is 5.92 Å². The minimum Gasteiger partial charge on any atom is -0.373 e. The van der Waals surface area contributed by atoms with E-state index in [0.717, 1.165) is 48.3 Å². The third-order valence-corrected chi connectivity index (χ3v) is 4.46. The van der Waals surface area contributed by atoms with Crippen LogP contribution in [-0.2, 0) is 6.42 Å². The molecule has 21 heavy (non-hydrogen) atoms. The molecule has 1 aliphatic carbocycles. The topological polar surface area (TPSA) is 49.8 Å². The molecular formula is C17H30N4. The van der Waals surface area contributed by atoms with E-state index >= 15 is 0 Å². The fourth-order valence-electron chi connectivity index (χ4n) is 3.21. The molecule has 1 saturated carbocycles. The van der Waals surface area contributed by atoms with Gasteiger partial charge in [0.1, 0.15) is 17.5 Å². The molecule has 1 heterocycles.